The molecule has 0 fully saturated rings. The van der Waals surface area contributed by atoms with Crippen molar-refractivity contribution >= 4 is 56.0 Å². The van der Waals surface area contributed by atoms with E-state index in [2.05, 4.69) is 4.99 Å². The number of aromatic nitrogens is 1. The number of hydrogen-bond donors (Lipinski definition) is 0. The molecule has 0 spiro atoms. The number of fused-ring (bicyclic) bond motifs is 2. The fourth-order valence-corrected chi connectivity index (χ4v) is 4.34. The molecule has 0 aliphatic heterocycles. The number of carbonyl (C=O) groups excluding carboxylic acids is 2. The van der Waals surface area contributed by atoms with E-state index in [1.807, 2.05) is 6.92 Å². The zero-order chi connectivity index (χ0) is 21.4. The fourth-order valence-electron chi connectivity index (χ4n) is 3.10. The summed E-state index contributed by atoms with van der Waals surface area (Å²) < 4.78 is 12.4. The molecule has 0 aliphatic rings. The van der Waals surface area contributed by atoms with Crippen LogP contribution in [0.1, 0.15) is 15.9 Å². The molecule has 30 heavy (non-hydrogen) atoms. The Balaban J connectivity index is 1.92. The van der Waals surface area contributed by atoms with Gasteiger partial charge in [0.05, 0.1) is 17.3 Å². The maximum absolute atomic E-state index is 12.8. The maximum atomic E-state index is 12.8. The number of aryl methyl sites for hydroxylation is 1. The summed E-state index contributed by atoms with van der Waals surface area (Å²) in [5, 5.41) is 1.13. The van der Waals surface area contributed by atoms with E-state index in [9.17, 15) is 14.4 Å². The van der Waals surface area contributed by atoms with Gasteiger partial charge in [0.25, 0.3) is 5.91 Å². The predicted octanol–water partition coefficient (Wildman–Crippen LogP) is 3.69. The van der Waals surface area contributed by atoms with Crippen molar-refractivity contribution in [3.8, 4) is 0 Å². The zero-order valence-electron chi connectivity index (χ0n) is 16.0. The lowest BCUT2D eigenvalue weighted by Gasteiger charge is -2.07. The number of para-hydroxylation sites is 1. The lowest BCUT2D eigenvalue weighted by molar-refractivity contribution is -0.141. The number of esters is 1. The van der Waals surface area contributed by atoms with E-state index in [0.29, 0.717) is 21.5 Å². The van der Waals surface area contributed by atoms with Crippen LogP contribution in [-0.4, -0.2) is 23.6 Å². The van der Waals surface area contributed by atoms with Crippen LogP contribution < -0.4 is 10.4 Å². The van der Waals surface area contributed by atoms with Crippen LogP contribution in [0.4, 0.5) is 0 Å². The summed E-state index contributed by atoms with van der Waals surface area (Å²) in [6.45, 7) is 1.66. The summed E-state index contributed by atoms with van der Waals surface area (Å²) >= 11 is 7.45. The van der Waals surface area contributed by atoms with Gasteiger partial charge in [-0.3, -0.25) is 9.59 Å². The number of rotatable bonds is 3. The van der Waals surface area contributed by atoms with Gasteiger partial charge in [0.1, 0.15) is 17.7 Å². The average molecular weight is 443 g/mol. The lowest BCUT2D eigenvalue weighted by atomic mass is 10.2. The summed E-state index contributed by atoms with van der Waals surface area (Å²) in [5.74, 6) is -1.27. The Morgan fingerprint density at radius 3 is 2.77 bits per heavy atom. The molecule has 2 aromatic heterocycles. The van der Waals surface area contributed by atoms with Crippen LogP contribution >= 0.6 is 22.9 Å². The maximum Gasteiger partial charge on any atom is 0.349 e. The Hall–Kier alpha value is -3.23. The van der Waals surface area contributed by atoms with Crippen LogP contribution in [0.5, 0.6) is 0 Å². The van der Waals surface area contributed by atoms with Gasteiger partial charge in [0.2, 0.25) is 0 Å². The molecule has 0 saturated heterocycles. The Morgan fingerprint density at radius 2 is 2.00 bits per heavy atom. The predicted molar refractivity (Wildman–Crippen MR) is 114 cm³/mol. The normalized spacial score (nSPS) is 11.9. The molecule has 0 saturated carbocycles. The van der Waals surface area contributed by atoms with Gasteiger partial charge in [-0.2, -0.15) is 4.99 Å². The van der Waals surface area contributed by atoms with Crippen molar-refractivity contribution in [3.05, 3.63) is 73.8 Å². The zero-order valence-corrected chi connectivity index (χ0v) is 17.5. The molecule has 7 nitrogen and oxygen atoms in total. The van der Waals surface area contributed by atoms with Gasteiger partial charge in [0, 0.05) is 10.4 Å². The molecular weight excluding hydrogens is 428 g/mol. The van der Waals surface area contributed by atoms with E-state index < -0.39 is 17.5 Å². The first-order valence-corrected chi connectivity index (χ1v) is 10.1. The van der Waals surface area contributed by atoms with Gasteiger partial charge in [0.15, 0.2) is 4.80 Å². The average Bonchev–Trinajstić information content (AvgIpc) is 3.07. The number of hydrogen-bond acceptors (Lipinski definition) is 6. The highest BCUT2D eigenvalue weighted by Crippen LogP contribution is 2.27. The van der Waals surface area contributed by atoms with Gasteiger partial charge in [-0.1, -0.05) is 41.1 Å². The third-order valence-corrected chi connectivity index (χ3v) is 6.07. The van der Waals surface area contributed by atoms with E-state index in [1.165, 1.54) is 24.5 Å². The van der Waals surface area contributed by atoms with E-state index in [-0.39, 0.29) is 16.9 Å². The van der Waals surface area contributed by atoms with Crippen LogP contribution in [0.15, 0.2) is 56.7 Å². The summed E-state index contributed by atoms with van der Waals surface area (Å²) in [6, 6.07) is 11.9. The minimum Gasteiger partial charge on any atom is -0.468 e. The minimum absolute atomic E-state index is 0.157. The molecule has 0 bridgehead atoms. The lowest BCUT2D eigenvalue weighted by Crippen LogP contribution is -2.23. The van der Waals surface area contributed by atoms with Crippen LogP contribution in [0, 0.1) is 6.92 Å². The second kappa shape index (κ2) is 7.89. The van der Waals surface area contributed by atoms with Crippen LogP contribution in [0.3, 0.4) is 0 Å². The molecule has 4 rings (SSSR count). The van der Waals surface area contributed by atoms with E-state index in [0.717, 1.165) is 10.3 Å². The Kier molecular flexibility index (Phi) is 5.27. The first kappa shape index (κ1) is 20.1. The highest BCUT2D eigenvalue weighted by Gasteiger charge is 2.17. The molecule has 0 atom stereocenters. The van der Waals surface area contributed by atoms with Crippen molar-refractivity contribution in [1.29, 1.82) is 0 Å². The summed E-state index contributed by atoms with van der Waals surface area (Å²) in [6.07, 6.45) is 0. The van der Waals surface area contributed by atoms with Crippen LogP contribution in [0.2, 0.25) is 5.02 Å². The molecule has 0 aliphatic carbocycles. The molecule has 2 aromatic carbocycles. The van der Waals surface area contributed by atoms with Gasteiger partial charge >= 0.3 is 11.6 Å². The van der Waals surface area contributed by atoms with Crippen molar-refractivity contribution in [1.82, 2.24) is 4.57 Å². The number of ether oxygens (including phenoxy) is 1. The van der Waals surface area contributed by atoms with Crippen molar-refractivity contribution in [3.63, 3.8) is 0 Å². The molecule has 9 heteroatoms. The molecular formula is C21H15ClN2O5S. The Morgan fingerprint density at radius 1 is 1.23 bits per heavy atom. The largest absolute Gasteiger partial charge is 0.468 e. The smallest absolute Gasteiger partial charge is 0.349 e. The Bertz CT molecular complexity index is 1450. The third kappa shape index (κ3) is 3.55. The molecule has 0 N–H and O–H groups in total. The number of nitrogens with zero attached hydrogens (tertiary/aromatic N) is 2. The Labute approximate surface area is 178 Å². The first-order valence-electron chi connectivity index (χ1n) is 8.86. The quantitative estimate of drug-likeness (QED) is 0.356. The van der Waals surface area contributed by atoms with Gasteiger partial charge in [-0.05, 0) is 36.8 Å². The van der Waals surface area contributed by atoms with Gasteiger partial charge < -0.3 is 13.7 Å². The minimum atomic E-state index is -0.776. The van der Waals surface area contributed by atoms with Crippen molar-refractivity contribution < 1.29 is 18.7 Å². The molecule has 1 amide bonds. The number of carbonyl (C=O) groups is 2. The molecule has 4 aromatic rings. The standard InChI is InChI=1S/C21H15ClN2O5S/c1-11-14(22)7-8-16-18(11)24(10-17(25)28-2)21(30-16)23-19(26)13-9-12-5-3-4-6-15(12)29-20(13)27/h3-9H,10H2,1-2H3. The summed E-state index contributed by atoms with van der Waals surface area (Å²) in [4.78, 5) is 41.5. The van der Waals surface area contributed by atoms with E-state index in [1.54, 1.807) is 41.0 Å². The molecule has 0 radical (unpaired) electrons. The number of halogens is 1. The second-order valence-corrected chi connectivity index (χ2v) is 7.88. The number of benzene rings is 2. The highest BCUT2D eigenvalue weighted by atomic mass is 35.5. The number of methoxy groups -OCH3 is 1. The van der Waals surface area contributed by atoms with E-state index in [4.69, 9.17) is 20.8 Å². The highest BCUT2D eigenvalue weighted by molar-refractivity contribution is 7.16. The molecule has 2 heterocycles. The van der Waals surface area contributed by atoms with Gasteiger partial charge in [-0.25, -0.2) is 4.79 Å². The van der Waals surface area contributed by atoms with E-state index >= 15 is 0 Å². The number of amides is 1. The first-order chi connectivity index (χ1) is 14.4. The third-order valence-electron chi connectivity index (χ3n) is 4.61. The van der Waals surface area contributed by atoms with Crippen molar-refractivity contribution in [2.24, 2.45) is 4.99 Å². The van der Waals surface area contributed by atoms with Crippen LogP contribution in [0.25, 0.3) is 21.2 Å². The monoisotopic (exact) mass is 442 g/mol. The van der Waals surface area contributed by atoms with Crippen molar-refractivity contribution in [2.45, 2.75) is 13.5 Å². The molecule has 0 unspecified atom stereocenters. The number of thiazole rings is 1. The molecule has 152 valence electrons. The summed E-state index contributed by atoms with van der Waals surface area (Å²) in [5.41, 5.74) is 0.836. The SMILES string of the molecule is COC(=O)Cn1c(=NC(=O)c2cc3ccccc3oc2=O)sc2ccc(Cl)c(C)c21. The second-order valence-electron chi connectivity index (χ2n) is 6.47. The van der Waals surface area contributed by atoms with Crippen molar-refractivity contribution in [2.75, 3.05) is 7.11 Å². The van der Waals surface area contributed by atoms with Crippen LogP contribution in [-0.2, 0) is 16.1 Å². The summed E-state index contributed by atoms with van der Waals surface area (Å²) in [7, 11) is 1.28. The van der Waals surface area contributed by atoms with Gasteiger partial charge in [-0.15, -0.1) is 0 Å². The topological polar surface area (TPSA) is 90.9 Å². The fraction of sp³-hybridized carbons (Fsp3) is 0.143.